The number of rotatable bonds is 3. The second-order valence-electron chi connectivity index (χ2n) is 4.11. The normalized spacial score (nSPS) is 10.2. The van der Waals surface area contributed by atoms with Crippen LogP contribution in [0, 0.1) is 11.3 Å². The van der Waals surface area contributed by atoms with Crippen molar-refractivity contribution in [1.82, 2.24) is 9.55 Å². The maximum Gasteiger partial charge on any atom is 0.166 e. The minimum atomic E-state index is 0.482. The second-order valence-corrected chi connectivity index (χ2v) is 4.11. The van der Waals surface area contributed by atoms with Gasteiger partial charge >= 0.3 is 0 Å². The molecule has 0 aliphatic rings. The first-order valence-electron chi connectivity index (χ1n) is 5.77. The molecule has 0 atom stereocenters. The van der Waals surface area contributed by atoms with Gasteiger partial charge in [0.15, 0.2) is 5.69 Å². The highest BCUT2D eigenvalue weighted by atomic mass is 15.0. The van der Waals surface area contributed by atoms with Crippen LogP contribution in [0.4, 0.5) is 0 Å². The van der Waals surface area contributed by atoms with Gasteiger partial charge in [0.05, 0.1) is 12.0 Å². The van der Waals surface area contributed by atoms with Crippen LogP contribution < -0.4 is 0 Å². The molecule has 0 saturated carbocycles. The molecule has 0 spiro atoms. The van der Waals surface area contributed by atoms with E-state index in [1.54, 1.807) is 6.33 Å². The highest BCUT2D eigenvalue weighted by molar-refractivity contribution is 5.65. The van der Waals surface area contributed by atoms with Crippen LogP contribution in [0.5, 0.6) is 0 Å². The summed E-state index contributed by atoms with van der Waals surface area (Å²) in [6, 6.07) is 10.5. The lowest BCUT2D eigenvalue weighted by atomic mass is 10.1. The van der Waals surface area contributed by atoms with E-state index in [9.17, 15) is 0 Å². The van der Waals surface area contributed by atoms with Crippen LogP contribution in [-0.2, 0) is 13.5 Å². The molecule has 2 aromatic rings. The summed E-state index contributed by atoms with van der Waals surface area (Å²) in [5.41, 5.74) is 3.74. The molecule has 3 heteroatoms. The van der Waals surface area contributed by atoms with Gasteiger partial charge in [-0.05, 0) is 12.0 Å². The molecule has 1 heterocycles. The van der Waals surface area contributed by atoms with E-state index >= 15 is 0 Å². The first-order chi connectivity index (χ1) is 8.26. The van der Waals surface area contributed by atoms with E-state index in [4.69, 9.17) is 5.26 Å². The SMILES string of the molecule is CCCc1ccc(-c2c(C#N)ncn2C)cc1. The monoisotopic (exact) mass is 225 g/mol. The van der Waals surface area contributed by atoms with Crippen molar-refractivity contribution in [2.24, 2.45) is 7.05 Å². The van der Waals surface area contributed by atoms with Crippen LogP contribution in [0.25, 0.3) is 11.3 Å². The van der Waals surface area contributed by atoms with Gasteiger partial charge in [-0.1, -0.05) is 37.6 Å². The van der Waals surface area contributed by atoms with Crippen molar-refractivity contribution in [1.29, 1.82) is 5.26 Å². The molecule has 1 aromatic carbocycles. The largest absolute Gasteiger partial charge is 0.333 e. The highest BCUT2D eigenvalue weighted by Crippen LogP contribution is 2.22. The Morgan fingerprint density at radius 3 is 2.59 bits per heavy atom. The van der Waals surface area contributed by atoms with Crippen molar-refractivity contribution >= 4 is 0 Å². The van der Waals surface area contributed by atoms with Gasteiger partial charge in [-0.25, -0.2) is 4.98 Å². The number of hydrogen-bond acceptors (Lipinski definition) is 2. The van der Waals surface area contributed by atoms with Crippen LogP contribution in [0.15, 0.2) is 30.6 Å². The molecule has 86 valence electrons. The van der Waals surface area contributed by atoms with Crippen LogP contribution >= 0.6 is 0 Å². The van der Waals surface area contributed by atoms with Crippen molar-refractivity contribution in [2.75, 3.05) is 0 Å². The van der Waals surface area contributed by atoms with Crippen LogP contribution in [0.3, 0.4) is 0 Å². The molecule has 0 bridgehead atoms. The molecule has 1 aromatic heterocycles. The quantitative estimate of drug-likeness (QED) is 0.806. The Morgan fingerprint density at radius 2 is 2.00 bits per heavy atom. The summed E-state index contributed by atoms with van der Waals surface area (Å²) in [7, 11) is 1.91. The Labute approximate surface area is 101 Å². The summed E-state index contributed by atoms with van der Waals surface area (Å²) in [5.74, 6) is 0. The molecule has 0 fully saturated rings. The third-order valence-electron chi connectivity index (χ3n) is 2.81. The maximum absolute atomic E-state index is 9.01. The molecule has 17 heavy (non-hydrogen) atoms. The summed E-state index contributed by atoms with van der Waals surface area (Å²) in [4.78, 5) is 4.07. The van der Waals surface area contributed by atoms with Gasteiger partial charge in [0.1, 0.15) is 6.07 Å². The van der Waals surface area contributed by atoms with Gasteiger partial charge in [0.25, 0.3) is 0 Å². The Balaban J connectivity index is 2.40. The number of nitriles is 1. The van der Waals surface area contributed by atoms with Gasteiger partial charge in [-0.15, -0.1) is 0 Å². The fraction of sp³-hybridized carbons (Fsp3) is 0.286. The first kappa shape index (κ1) is 11.4. The Hall–Kier alpha value is -2.08. The van der Waals surface area contributed by atoms with Crippen LogP contribution in [0.2, 0.25) is 0 Å². The van der Waals surface area contributed by atoms with Gasteiger partial charge in [-0.3, -0.25) is 0 Å². The Morgan fingerprint density at radius 1 is 1.29 bits per heavy atom. The highest BCUT2D eigenvalue weighted by Gasteiger charge is 2.10. The van der Waals surface area contributed by atoms with Gasteiger partial charge in [0, 0.05) is 12.6 Å². The Kier molecular flexibility index (Phi) is 3.24. The van der Waals surface area contributed by atoms with E-state index in [2.05, 4.69) is 42.2 Å². The van der Waals surface area contributed by atoms with Crippen LogP contribution in [0.1, 0.15) is 24.6 Å². The third-order valence-corrected chi connectivity index (χ3v) is 2.81. The number of nitrogens with zero attached hydrogens (tertiary/aromatic N) is 3. The number of aryl methyl sites for hydroxylation is 2. The lowest BCUT2D eigenvalue weighted by Crippen LogP contribution is -1.92. The molecule has 0 saturated heterocycles. The summed E-state index contributed by atoms with van der Waals surface area (Å²) >= 11 is 0. The maximum atomic E-state index is 9.01. The molecule has 0 aliphatic carbocycles. The predicted molar refractivity (Wildman–Crippen MR) is 67.4 cm³/mol. The number of hydrogen-bond donors (Lipinski definition) is 0. The van der Waals surface area contributed by atoms with Crippen molar-refractivity contribution in [3.63, 3.8) is 0 Å². The average Bonchev–Trinajstić information content (AvgIpc) is 2.72. The van der Waals surface area contributed by atoms with Gasteiger partial charge < -0.3 is 4.57 Å². The lowest BCUT2D eigenvalue weighted by molar-refractivity contribution is 0.915. The van der Waals surface area contributed by atoms with Crippen LogP contribution in [-0.4, -0.2) is 9.55 Å². The molecule has 0 amide bonds. The number of imidazole rings is 1. The number of benzene rings is 1. The second kappa shape index (κ2) is 4.84. The van der Waals surface area contributed by atoms with Crippen molar-refractivity contribution in [2.45, 2.75) is 19.8 Å². The lowest BCUT2D eigenvalue weighted by Gasteiger charge is -2.04. The van der Waals surface area contributed by atoms with E-state index in [1.165, 1.54) is 5.56 Å². The molecule has 3 nitrogen and oxygen atoms in total. The minimum Gasteiger partial charge on any atom is -0.333 e. The summed E-state index contributed by atoms with van der Waals surface area (Å²) in [6.45, 7) is 2.17. The Bertz CT molecular complexity index is 544. The van der Waals surface area contributed by atoms with Gasteiger partial charge in [0.2, 0.25) is 0 Å². The average molecular weight is 225 g/mol. The van der Waals surface area contributed by atoms with E-state index in [1.807, 2.05) is 11.6 Å². The molecule has 0 radical (unpaired) electrons. The molecule has 0 N–H and O–H groups in total. The standard InChI is InChI=1S/C14H15N3/c1-3-4-11-5-7-12(8-6-11)14-13(9-15)16-10-17(14)2/h5-8,10H,3-4H2,1-2H3. The first-order valence-corrected chi connectivity index (χ1v) is 5.77. The topological polar surface area (TPSA) is 41.6 Å². The van der Waals surface area contributed by atoms with E-state index in [0.717, 1.165) is 24.1 Å². The third kappa shape index (κ3) is 2.21. The fourth-order valence-corrected chi connectivity index (χ4v) is 1.97. The zero-order valence-corrected chi connectivity index (χ0v) is 10.1. The zero-order chi connectivity index (χ0) is 12.3. The van der Waals surface area contributed by atoms with Crippen molar-refractivity contribution in [3.8, 4) is 17.3 Å². The number of aromatic nitrogens is 2. The molecule has 2 rings (SSSR count). The summed E-state index contributed by atoms with van der Waals surface area (Å²) < 4.78 is 1.88. The van der Waals surface area contributed by atoms with E-state index in [0.29, 0.717) is 5.69 Å². The van der Waals surface area contributed by atoms with Gasteiger partial charge in [-0.2, -0.15) is 5.26 Å². The summed E-state index contributed by atoms with van der Waals surface area (Å²) in [6.07, 6.45) is 3.92. The molecular formula is C14H15N3. The van der Waals surface area contributed by atoms with Crippen molar-refractivity contribution < 1.29 is 0 Å². The fourth-order valence-electron chi connectivity index (χ4n) is 1.97. The molecule has 0 unspecified atom stereocenters. The van der Waals surface area contributed by atoms with E-state index in [-0.39, 0.29) is 0 Å². The predicted octanol–water partition coefficient (Wildman–Crippen LogP) is 2.91. The van der Waals surface area contributed by atoms with Crippen molar-refractivity contribution in [3.05, 3.63) is 41.9 Å². The molecular weight excluding hydrogens is 210 g/mol. The zero-order valence-electron chi connectivity index (χ0n) is 10.1. The minimum absolute atomic E-state index is 0.482. The molecule has 0 aliphatic heterocycles. The smallest absolute Gasteiger partial charge is 0.166 e. The van der Waals surface area contributed by atoms with E-state index < -0.39 is 0 Å². The summed E-state index contributed by atoms with van der Waals surface area (Å²) in [5, 5.41) is 9.01.